The molecule has 0 aliphatic carbocycles. The van der Waals surface area contributed by atoms with Gasteiger partial charge in [-0.2, -0.15) is 0 Å². The SMILES string of the molecule is COc1ccc(/C(O)=C2\C(=O)C(=O)N(c3cc(C)on3)[C@@H]2c2cccc([N+](=O)[O-])c2)cc1C. The van der Waals surface area contributed by atoms with E-state index >= 15 is 0 Å². The number of aliphatic hydroxyl groups excluding tert-OH is 1. The highest BCUT2D eigenvalue weighted by Crippen LogP contribution is 2.42. The Kier molecular flexibility index (Phi) is 5.42. The summed E-state index contributed by atoms with van der Waals surface area (Å²) in [5.41, 5.74) is 0.809. The summed E-state index contributed by atoms with van der Waals surface area (Å²) in [6, 6.07) is 10.6. The second-order valence-corrected chi connectivity index (χ2v) is 7.50. The van der Waals surface area contributed by atoms with Gasteiger partial charge >= 0.3 is 5.91 Å². The number of ketones is 1. The zero-order chi connectivity index (χ0) is 23.9. The highest BCUT2D eigenvalue weighted by Gasteiger charge is 2.48. The van der Waals surface area contributed by atoms with Gasteiger partial charge in [-0.1, -0.05) is 17.3 Å². The molecular weight excluding hydrogens is 430 g/mol. The van der Waals surface area contributed by atoms with Gasteiger partial charge in [-0.25, -0.2) is 0 Å². The van der Waals surface area contributed by atoms with E-state index in [0.29, 0.717) is 17.1 Å². The molecule has 10 nitrogen and oxygen atoms in total. The third-order valence-electron chi connectivity index (χ3n) is 5.37. The van der Waals surface area contributed by atoms with Crippen LogP contribution in [-0.4, -0.2) is 34.0 Å². The fourth-order valence-electron chi connectivity index (χ4n) is 3.84. The van der Waals surface area contributed by atoms with Gasteiger partial charge in [0.1, 0.15) is 17.3 Å². The number of nitrogens with zero attached hydrogens (tertiary/aromatic N) is 3. The smallest absolute Gasteiger partial charge is 0.301 e. The molecule has 4 rings (SSSR count). The normalized spacial score (nSPS) is 17.4. The molecule has 0 spiro atoms. The average molecular weight is 449 g/mol. The van der Waals surface area contributed by atoms with E-state index in [2.05, 4.69) is 5.16 Å². The van der Waals surface area contributed by atoms with Crippen molar-refractivity contribution in [3.05, 3.63) is 86.7 Å². The van der Waals surface area contributed by atoms with Crippen molar-refractivity contribution in [2.45, 2.75) is 19.9 Å². The lowest BCUT2D eigenvalue weighted by Gasteiger charge is -2.22. The van der Waals surface area contributed by atoms with Crippen LogP contribution in [0.2, 0.25) is 0 Å². The van der Waals surface area contributed by atoms with Gasteiger partial charge < -0.3 is 14.4 Å². The summed E-state index contributed by atoms with van der Waals surface area (Å²) in [4.78, 5) is 38.0. The quantitative estimate of drug-likeness (QED) is 0.204. The molecule has 1 saturated heterocycles. The predicted molar refractivity (Wildman–Crippen MR) is 117 cm³/mol. The topological polar surface area (TPSA) is 136 Å². The highest BCUT2D eigenvalue weighted by molar-refractivity contribution is 6.51. The molecule has 0 saturated carbocycles. The van der Waals surface area contributed by atoms with E-state index in [1.54, 1.807) is 32.0 Å². The number of amides is 1. The molecule has 168 valence electrons. The van der Waals surface area contributed by atoms with Crippen LogP contribution < -0.4 is 9.64 Å². The molecule has 1 aliphatic rings. The number of hydrogen-bond acceptors (Lipinski definition) is 8. The molecule has 1 atom stereocenters. The van der Waals surface area contributed by atoms with Gasteiger partial charge in [-0.15, -0.1) is 0 Å². The number of aromatic nitrogens is 1. The van der Waals surface area contributed by atoms with E-state index in [9.17, 15) is 24.8 Å². The fourth-order valence-corrected chi connectivity index (χ4v) is 3.84. The summed E-state index contributed by atoms with van der Waals surface area (Å²) in [5, 5.41) is 26.3. The van der Waals surface area contributed by atoms with Crippen LogP contribution in [0.5, 0.6) is 5.75 Å². The van der Waals surface area contributed by atoms with Crippen LogP contribution in [-0.2, 0) is 9.59 Å². The number of aryl methyl sites for hydroxylation is 2. The van der Waals surface area contributed by atoms with Crippen molar-refractivity contribution < 1.29 is 28.9 Å². The molecule has 1 fully saturated rings. The number of carbonyl (C=O) groups is 2. The minimum Gasteiger partial charge on any atom is -0.507 e. The summed E-state index contributed by atoms with van der Waals surface area (Å²) >= 11 is 0. The minimum absolute atomic E-state index is 0.0519. The summed E-state index contributed by atoms with van der Waals surface area (Å²) in [5.74, 6) is -1.27. The Morgan fingerprint density at radius 3 is 2.55 bits per heavy atom. The maximum atomic E-state index is 13.1. The Hall–Kier alpha value is -4.47. The Labute approximate surface area is 187 Å². The third-order valence-corrected chi connectivity index (χ3v) is 5.37. The van der Waals surface area contributed by atoms with Crippen LogP contribution in [0.25, 0.3) is 5.76 Å². The molecule has 1 aliphatic heterocycles. The molecule has 1 amide bonds. The van der Waals surface area contributed by atoms with E-state index in [0.717, 1.165) is 4.90 Å². The van der Waals surface area contributed by atoms with Crippen LogP contribution in [0, 0.1) is 24.0 Å². The van der Waals surface area contributed by atoms with E-state index < -0.39 is 28.4 Å². The van der Waals surface area contributed by atoms with Crippen molar-refractivity contribution in [2.75, 3.05) is 12.0 Å². The molecular formula is C23H19N3O7. The molecule has 1 N–H and O–H groups in total. The molecule has 0 unspecified atom stereocenters. The molecule has 10 heteroatoms. The number of carbonyl (C=O) groups excluding carboxylic acids is 2. The lowest BCUT2D eigenvalue weighted by Crippen LogP contribution is -2.29. The average Bonchev–Trinajstić information content (AvgIpc) is 3.34. The number of Topliss-reactive ketones (excluding diaryl/α,β-unsaturated/α-hetero) is 1. The number of methoxy groups -OCH3 is 1. The molecule has 1 aromatic heterocycles. The van der Waals surface area contributed by atoms with Crippen LogP contribution in [0.4, 0.5) is 11.5 Å². The summed E-state index contributed by atoms with van der Waals surface area (Å²) in [6.07, 6.45) is 0. The molecule has 2 heterocycles. The van der Waals surface area contributed by atoms with Crippen molar-refractivity contribution in [1.82, 2.24) is 5.16 Å². The summed E-state index contributed by atoms with van der Waals surface area (Å²) in [7, 11) is 1.51. The maximum Gasteiger partial charge on any atom is 0.301 e. The van der Waals surface area contributed by atoms with Crippen molar-refractivity contribution >= 4 is 29.0 Å². The van der Waals surface area contributed by atoms with Crippen LogP contribution in [0.15, 0.2) is 58.6 Å². The summed E-state index contributed by atoms with van der Waals surface area (Å²) < 4.78 is 10.3. The van der Waals surface area contributed by atoms with Crippen molar-refractivity contribution in [3.63, 3.8) is 0 Å². The molecule has 3 aromatic rings. The van der Waals surface area contributed by atoms with Gasteiger partial charge in [0, 0.05) is 23.8 Å². The maximum absolute atomic E-state index is 13.1. The van der Waals surface area contributed by atoms with Crippen molar-refractivity contribution in [3.8, 4) is 5.75 Å². The number of ether oxygens (including phenoxy) is 1. The number of non-ortho nitro benzene ring substituents is 1. The molecule has 33 heavy (non-hydrogen) atoms. The van der Waals surface area contributed by atoms with Crippen molar-refractivity contribution in [1.29, 1.82) is 0 Å². The lowest BCUT2D eigenvalue weighted by atomic mass is 9.94. The number of nitro benzene ring substituents is 1. The second-order valence-electron chi connectivity index (χ2n) is 7.50. The number of rotatable bonds is 5. The number of benzene rings is 2. The first kappa shape index (κ1) is 21.8. The van der Waals surface area contributed by atoms with Gasteiger partial charge in [0.25, 0.3) is 11.5 Å². The molecule has 0 bridgehead atoms. The zero-order valence-corrected chi connectivity index (χ0v) is 17.9. The van der Waals surface area contributed by atoms with E-state index in [1.165, 1.54) is 37.4 Å². The monoisotopic (exact) mass is 449 g/mol. The van der Waals surface area contributed by atoms with Gasteiger partial charge in [0.2, 0.25) is 0 Å². The second kappa shape index (κ2) is 8.23. The van der Waals surface area contributed by atoms with Crippen LogP contribution in [0.3, 0.4) is 0 Å². The molecule has 2 aromatic carbocycles. The lowest BCUT2D eigenvalue weighted by molar-refractivity contribution is -0.384. The Balaban J connectivity index is 1.96. The summed E-state index contributed by atoms with van der Waals surface area (Å²) in [6.45, 7) is 3.39. The Bertz CT molecular complexity index is 1330. The third kappa shape index (κ3) is 3.71. The standard InChI is InChI=1S/C23H19N3O7/c1-12-9-15(7-8-17(12)32-3)21(27)19-20(14-5-4-6-16(11-14)26(30)31)25(23(29)22(19)28)18-10-13(2)33-24-18/h4-11,20,27H,1-3H3/b21-19+/t20-/m1/s1. The minimum atomic E-state index is -1.16. The Morgan fingerprint density at radius 2 is 1.94 bits per heavy atom. The largest absolute Gasteiger partial charge is 0.507 e. The van der Waals surface area contributed by atoms with Gasteiger partial charge in [-0.05, 0) is 43.2 Å². The van der Waals surface area contributed by atoms with E-state index in [4.69, 9.17) is 9.26 Å². The first-order valence-electron chi connectivity index (χ1n) is 9.86. The van der Waals surface area contributed by atoms with Crippen LogP contribution in [0.1, 0.15) is 28.5 Å². The number of aliphatic hydroxyl groups is 1. The van der Waals surface area contributed by atoms with E-state index in [1.807, 2.05) is 0 Å². The number of hydrogen-bond donors (Lipinski definition) is 1. The molecule has 0 radical (unpaired) electrons. The number of anilines is 1. The number of nitro groups is 1. The Morgan fingerprint density at radius 1 is 1.18 bits per heavy atom. The predicted octanol–water partition coefficient (Wildman–Crippen LogP) is 3.83. The van der Waals surface area contributed by atoms with E-state index in [-0.39, 0.29) is 28.2 Å². The van der Waals surface area contributed by atoms with Gasteiger partial charge in [-0.3, -0.25) is 24.6 Å². The first-order valence-corrected chi connectivity index (χ1v) is 9.86. The van der Waals surface area contributed by atoms with Gasteiger partial charge in [0.05, 0.1) is 23.6 Å². The van der Waals surface area contributed by atoms with Gasteiger partial charge in [0.15, 0.2) is 5.82 Å². The zero-order valence-electron chi connectivity index (χ0n) is 17.9. The first-order chi connectivity index (χ1) is 15.7. The van der Waals surface area contributed by atoms with Crippen LogP contribution >= 0.6 is 0 Å². The van der Waals surface area contributed by atoms with Crippen molar-refractivity contribution in [2.24, 2.45) is 0 Å². The fraction of sp³-hybridized carbons (Fsp3) is 0.174. The highest BCUT2D eigenvalue weighted by atomic mass is 16.6.